The Balaban J connectivity index is 2.02. The van der Waals surface area contributed by atoms with Gasteiger partial charge in [0, 0.05) is 18.8 Å². The number of carbonyl (C=O) groups is 2. The van der Waals surface area contributed by atoms with Crippen LogP contribution < -0.4 is 5.32 Å². The molecule has 0 aliphatic rings. The van der Waals surface area contributed by atoms with Crippen molar-refractivity contribution in [2.24, 2.45) is 0 Å². The lowest BCUT2D eigenvalue weighted by Crippen LogP contribution is -2.48. The number of rotatable bonds is 11. The van der Waals surface area contributed by atoms with Crippen LogP contribution in [0.5, 0.6) is 0 Å². The van der Waals surface area contributed by atoms with Crippen molar-refractivity contribution in [1.29, 1.82) is 0 Å². The molecule has 162 valence electrons. The molecule has 2 amide bonds. The average Bonchev–Trinajstić information content (AvgIpc) is 2.74. The smallest absolute Gasteiger partial charge is 0.242 e. The van der Waals surface area contributed by atoms with Gasteiger partial charge in [-0.2, -0.15) is 0 Å². The molecule has 0 saturated carbocycles. The van der Waals surface area contributed by atoms with Crippen LogP contribution in [0.15, 0.2) is 48.5 Å². The summed E-state index contributed by atoms with van der Waals surface area (Å²) in [5.74, 6) is -0.282. The first-order valence-corrected chi connectivity index (χ1v) is 11.2. The van der Waals surface area contributed by atoms with E-state index in [4.69, 9.17) is 0 Å². The van der Waals surface area contributed by atoms with Gasteiger partial charge in [0.1, 0.15) is 17.7 Å². The fraction of sp³-hybridized carbons (Fsp3) is 0.391. The van der Waals surface area contributed by atoms with E-state index in [9.17, 15) is 18.4 Å². The highest BCUT2D eigenvalue weighted by atomic mass is 32.2. The van der Waals surface area contributed by atoms with Crippen LogP contribution >= 0.6 is 11.8 Å². The minimum atomic E-state index is -0.647. The van der Waals surface area contributed by atoms with Crippen LogP contribution in [0, 0.1) is 11.6 Å². The second-order valence-electron chi connectivity index (χ2n) is 7.09. The molecule has 0 spiro atoms. The summed E-state index contributed by atoms with van der Waals surface area (Å²) in [7, 11) is 0. The number of thioether (sulfide) groups is 1. The van der Waals surface area contributed by atoms with Crippen molar-refractivity contribution in [2.45, 2.75) is 45.0 Å². The number of hydrogen-bond donors (Lipinski definition) is 1. The predicted octanol–water partition coefficient (Wildman–Crippen LogP) is 4.53. The molecule has 1 N–H and O–H groups in total. The Morgan fingerprint density at radius 2 is 1.57 bits per heavy atom. The van der Waals surface area contributed by atoms with E-state index in [-0.39, 0.29) is 35.7 Å². The highest BCUT2D eigenvalue weighted by Gasteiger charge is 2.25. The van der Waals surface area contributed by atoms with E-state index in [1.807, 2.05) is 6.92 Å². The number of nitrogens with one attached hydrogen (secondary N) is 1. The van der Waals surface area contributed by atoms with E-state index in [0.29, 0.717) is 12.3 Å². The van der Waals surface area contributed by atoms with Gasteiger partial charge in [0.2, 0.25) is 11.8 Å². The number of unbranched alkanes of at least 4 members (excludes halogenated alkanes) is 1. The first kappa shape index (κ1) is 23.9. The van der Waals surface area contributed by atoms with Gasteiger partial charge in [-0.15, -0.1) is 11.8 Å². The van der Waals surface area contributed by atoms with Crippen LogP contribution in [0.4, 0.5) is 8.78 Å². The molecular weight excluding hydrogens is 406 g/mol. The highest BCUT2D eigenvalue weighted by Crippen LogP contribution is 2.16. The Bertz CT molecular complexity index is 813. The number of benzene rings is 2. The fourth-order valence-corrected chi connectivity index (χ4v) is 3.70. The molecule has 1 atom stereocenters. The van der Waals surface area contributed by atoms with Crippen LogP contribution in [0.1, 0.15) is 37.8 Å². The van der Waals surface area contributed by atoms with Crippen molar-refractivity contribution < 1.29 is 18.4 Å². The number of carbonyl (C=O) groups excluding carboxylic acids is 2. The van der Waals surface area contributed by atoms with Gasteiger partial charge in [-0.3, -0.25) is 9.59 Å². The molecule has 0 aliphatic heterocycles. The minimum Gasteiger partial charge on any atom is -0.354 e. The number of nitrogens with zero attached hydrogens (tertiary/aromatic N) is 1. The molecule has 0 fully saturated rings. The van der Waals surface area contributed by atoms with Crippen LogP contribution in [0.2, 0.25) is 0 Å². The summed E-state index contributed by atoms with van der Waals surface area (Å²) in [5, 5.41) is 2.87. The third-order valence-electron chi connectivity index (χ3n) is 4.67. The van der Waals surface area contributed by atoms with Crippen molar-refractivity contribution in [1.82, 2.24) is 10.2 Å². The van der Waals surface area contributed by atoms with Crippen LogP contribution in [-0.4, -0.2) is 35.1 Å². The van der Waals surface area contributed by atoms with E-state index >= 15 is 0 Å². The van der Waals surface area contributed by atoms with E-state index in [1.165, 1.54) is 40.9 Å². The number of hydrogen-bond acceptors (Lipinski definition) is 3. The predicted molar refractivity (Wildman–Crippen MR) is 117 cm³/mol. The maximum atomic E-state index is 13.2. The Hall–Kier alpha value is -2.41. The molecule has 0 radical (unpaired) electrons. The van der Waals surface area contributed by atoms with E-state index in [0.717, 1.165) is 24.0 Å². The molecule has 0 unspecified atom stereocenters. The number of halogens is 2. The van der Waals surface area contributed by atoms with Crippen molar-refractivity contribution in [2.75, 3.05) is 12.3 Å². The van der Waals surface area contributed by atoms with Gasteiger partial charge in [0.05, 0.1) is 5.75 Å². The first-order valence-electron chi connectivity index (χ1n) is 10.0. The van der Waals surface area contributed by atoms with E-state index < -0.39 is 6.04 Å². The summed E-state index contributed by atoms with van der Waals surface area (Å²) in [6, 6.07) is 11.4. The summed E-state index contributed by atoms with van der Waals surface area (Å²) in [6.07, 6.45) is 1.84. The molecule has 7 heteroatoms. The Morgan fingerprint density at radius 1 is 1.00 bits per heavy atom. The van der Waals surface area contributed by atoms with Crippen molar-refractivity contribution in [3.05, 3.63) is 71.3 Å². The minimum absolute atomic E-state index is 0.176. The Labute approximate surface area is 181 Å². The largest absolute Gasteiger partial charge is 0.354 e. The summed E-state index contributed by atoms with van der Waals surface area (Å²) in [5.41, 5.74) is 1.67. The van der Waals surface area contributed by atoms with Gasteiger partial charge in [-0.1, -0.05) is 37.6 Å². The van der Waals surface area contributed by atoms with Gasteiger partial charge in [0.25, 0.3) is 0 Å². The average molecular weight is 435 g/mol. The monoisotopic (exact) mass is 434 g/mol. The molecule has 0 saturated heterocycles. The molecule has 30 heavy (non-hydrogen) atoms. The fourth-order valence-electron chi connectivity index (χ4n) is 2.82. The van der Waals surface area contributed by atoms with Crippen molar-refractivity contribution in [3.63, 3.8) is 0 Å². The normalized spacial score (nSPS) is 11.7. The second kappa shape index (κ2) is 12.3. The lowest BCUT2D eigenvalue weighted by Gasteiger charge is -2.28. The van der Waals surface area contributed by atoms with Crippen LogP contribution in [-0.2, 0) is 21.9 Å². The van der Waals surface area contributed by atoms with Crippen LogP contribution in [0.25, 0.3) is 0 Å². The van der Waals surface area contributed by atoms with Gasteiger partial charge >= 0.3 is 0 Å². The molecule has 4 nitrogen and oxygen atoms in total. The topological polar surface area (TPSA) is 49.4 Å². The van der Waals surface area contributed by atoms with Gasteiger partial charge in [-0.05, 0) is 48.7 Å². The van der Waals surface area contributed by atoms with Crippen molar-refractivity contribution >= 4 is 23.6 Å². The zero-order valence-electron chi connectivity index (χ0n) is 17.4. The van der Waals surface area contributed by atoms with E-state index in [1.54, 1.807) is 31.2 Å². The lowest BCUT2D eigenvalue weighted by atomic mass is 10.1. The molecule has 2 aromatic carbocycles. The summed E-state index contributed by atoms with van der Waals surface area (Å²) in [6.45, 7) is 4.53. The maximum Gasteiger partial charge on any atom is 0.242 e. The molecule has 0 heterocycles. The lowest BCUT2D eigenvalue weighted by molar-refractivity contribution is -0.138. The summed E-state index contributed by atoms with van der Waals surface area (Å²) in [4.78, 5) is 27.0. The summed E-state index contributed by atoms with van der Waals surface area (Å²) >= 11 is 1.41. The molecular formula is C23H28F2N2O2S. The van der Waals surface area contributed by atoms with Gasteiger partial charge in [0.15, 0.2) is 0 Å². The Kier molecular flexibility index (Phi) is 9.80. The Morgan fingerprint density at radius 3 is 2.13 bits per heavy atom. The SMILES string of the molecule is CCCCNC(=O)[C@H](C)N(Cc1ccc(F)cc1)C(=O)CSCc1ccc(F)cc1. The molecule has 0 bridgehead atoms. The van der Waals surface area contributed by atoms with Gasteiger partial charge in [-0.25, -0.2) is 8.78 Å². The molecule has 2 rings (SSSR count). The van der Waals surface area contributed by atoms with Crippen molar-refractivity contribution in [3.8, 4) is 0 Å². The third-order valence-corrected chi connectivity index (χ3v) is 5.66. The molecule has 0 aliphatic carbocycles. The standard InChI is InChI=1S/C23H28F2N2O2S/c1-3-4-13-26-23(29)17(2)27(14-18-5-9-20(24)10-6-18)22(28)16-30-15-19-7-11-21(25)12-8-19/h5-12,17H,3-4,13-16H2,1-2H3,(H,26,29)/t17-/m0/s1. The quantitative estimate of drug-likeness (QED) is 0.529. The van der Waals surface area contributed by atoms with Gasteiger partial charge < -0.3 is 10.2 Å². The van der Waals surface area contributed by atoms with E-state index in [2.05, 4.69) is 5.32 Å². The zero-order valence-corrected chi connectivity index (χ0v) is 18.2. The highest BCUT2D eigenvalue weighted by molar-refractivity contribution is 7.99. The molecule has 0 aromatic heterocycles. The maximum absolute atomic E-state index is 13.2. The molecule has 2 aromatic rings. The zero-order chi connectivity index (χ0) is 21.9. The second-order valence-corrected chi connectivity index (χ2v) is 8.07. The van der Waals surface area contributed by atoms with Crippen LogP contribution in [0.3, 0.4) is 0 Å². The summed E-state index contributed by atoms with van der Waals surface area (Å²) < 4.78 is 26.2. The first-order chi connectivity index (χ1) is 14.4. The number of amides is 2. The third kappa shape index (κ3) is 7.78.